The van der Waals surface area contributed by atoms with Crippen molar-refractivity contribution in [2.24, 2.45) is 0 Å². The number of carbonyl (C=O) groups excluding carboxylic acids is 1. The highest BCUT2D eigenvalue weighted by atomic mass is 79.9. The lowest BCUT2D eigenvalue weighted by Crippen LogP contribution is -2.38. The summed E-state index contributed by atoms with van der Waals surface area (Å²) in [6.45, 7) is 5.10. The molecule has 0 saturated carbocycles. The van der Waals surface area contributed by atoms with E-state index in [0.29, 0.717) is 6.54 Å². The van der Waals surface area contributed by atoms with Crippen molar-refractivity contribution in [3.8, 4) is 0 Å². The SMILES string of the molecule is Cc1ccc(Cc2nsc(N3CCCN(C(=O)Nc4cccc(Br)c4)CC3)n2)cc1. The molecule has 0 bridgehead atoms. The average molecular weight is 486 g/mol. The van der Waals surface area contributed by atoms with E-state index in [0.717, 1.165) is 53.6 Å². The minimum atomic E-state index is -0.0627. The highest BCUT2D eigenvalue weighted by Gasteiger charge is 2.21. The van der Waals surface area contributed by atoms with Crippen molar-refractivity contribution < 1.29 is 4.79 Å². The second-order valence-electron chi connectivity index (χ2n) is 7.42. The van der Waals surface area contributed by atoms with Crippen molar-refractivity contribution >= 4 is 44.3 Å². The molecule has 1 N–H and O–H groups in total. The number of nitrogens with one attached hydrogen (secondary N) is 1. The Hall–Kier alpha value is -2.45. The number of carbonyl (C=O) groups is 1. The number of benzene rings is 2. The van der Waals surface area contributed by atoms with E-state index >= 15 is 0 Å². The fourth-order valence-electron chi connectivity index (χ4n) is 3.41. The van der Waals surface area contributed by atoms with Crippen LogP contribution in [0.25, 0.3) is 0 Å². The van der Waals surface area contributed by atoms with Crippen LogP contribution in [0.1, 0.15) is 23.4 Å². The molecule has 2 aromatic carbocycles. The largest absolute Gasteiger partial charge is 0.345 e. The predicted molar refractivity (Wildman–Crippen MR) is 125 cm³/mol. The molecule has 156 valence electrons. The third kappa shape index (κ3) is 5.37. The quantitative estimate of drug-likeness (QED) is 0.568. The second kappa shape index (κ2) is 9.57. The number of aromatic nitrogens is 2. The van der Waals surface area contributed by atoms with Gasteiger partial charge >= 0.3 is 6.03 Å². The summed E-state index contributed by atoms with van der Waals surface area (Å²) in [4.78, 5) is 21.5. The molecule has 4 rings (SSSR count). The van der Waals surface area contributed by atoms with Crippen molar-refractivity contribution in [1.29, 1.82) is 0 Å². The van der Waals surface area contributed by atoms with Gasteiger partial charge in [-0.15, -0.1) is 0 Å². The monoisotopic (exact) mass is 485 g/mol. The van der Waals surface area contributed by atoms with Crippen LogP contribution in [0.5, 0.6) is 0 Å². The zero-order valence-corrected chi connectivity index (χ0v) is 19.2. The molecule has 6 nitrogen and oxygen atoms in total. The summed E-state index contributed by atoms with van der Waals surface area (Å²) in [5.74, 6) is 0.854. The number of anilines is 2. The van der Waals surface area contributed by atoms with Crippen LogP contribution < -0.4 is 10.2 Å². The van der Waals surface area contributed by atoms with Gasteiger partial charge in [-0.05, 0) is 37.1 Å². The summed E-state index contributed by atoms with van der Waals surface area (Å²) in [6, 6.07) is 16.1. The third-order valence-electron chi connectivity index (χ3n) is 5.07. The normalized spacial score (nSPS) is 14.5. The van der Waals surface area contributed by atoms with Crippen LogP contribution in [0.2, 0.25) is 0 Å². The van der Waals surface area contributed by atoms with Gasteiger partial charge in [-0.2, -0.15) is 4.37 Å². The molecule has 0 radical (unpaired) electrons. The van der Waals surface area contributed by atoms with Gasteiger partial charge in [-0.25, -0.2) is 9.78 Å². The summed E-state index contributed by atoms with van der Waals surface area (Å²) in [5, 5.41) is 3.92. The Morgan fingerprint density at radius 1 is 1.13 bits per heavy atom. The van der Waals surface area contributed by atoms with Crippen LogP contribution in [0.4, 0.5) is 15.6 Å². The summed E-state index contributed by atoms with van der Waals surface area (Å²) in [5.41, 5.74) is 3.26. The fourth-order valence-corrected chi connectivity index (χ4v) is 4.55. The van der Waals surface area contributed by atoms with E-state index in [9.17, 15) is 4.79 Å². The predicted octanol–water partition coefficient (Wildman–Crippen LogP) is 4.94. The van der Waals surface area contributed by atoms with Gasteiger partial charge in [0.05, 0.1) is 0 Å². The smallest absolute Gasteiger partial charge is 0.321 e. The minimum Gasteiger partial charge on any atom is -0.345 e. The molecule has 2 amide bonds. The Labute approximate surface area is 189 Å². The van der Waals surface area contributed by atoms with E-state index < -0.39 is 0 Å². The first-order valence-electron chi connectivity index (χ1n) is 10.0. The molecule has 1 saturated heterocycles. The van der Waals surface area contributed by atoms with Gasteiger partial charge in [0.2, 0.25) is 5.13 Å². The number of urea groups is 1. The molecule has 1 aliphatic heterocycles. The maximum absolute atomic E-state index is 12.7. The maximum atomic E-state index is 12.7. The van der Waals surface area contributed by atoms with E-state index in [4.69, 9.17) is 4.98 Å². The molecule has 1 aliphatic rings. The Bertz CT molecular complexity index is 1010. The highest BCUT2D eigenvalue weighted by Crippen LogP contribution is 2.21. The Balaban J connectivity index is 1.34. The highest BCUT2D eigenvalue weighted by molar-refractivity contribution is 9.10. The summed E-state index contributed by atoms with van der Waals surface area (Å²) >= 11 is 4.88. The number of rotatable bonds is 4. The molecule has 0 unspecified atom stereocenters. The van der Waals surface area contributed by atoms with E-state index in [1.54, 1.807) is 0 Å². The molecule has 0 spiro atoms. The van der Waals surface area contributed by atoms with Gasteiger partial charge in [-0.3, -0.25) is 0 Å². The van der Waals surface area contributed by atoms with Crippen molar-refractivity contribution in [2.45, 2.75) is 19.8 Å². The Morgan fingerprint density at radius 2 is 1.97 bits per heavy atom. The van der Waals surface area contributed by atoms with Gasteiger partial charge < -0.3 is 15.1 Å². The molecular weight excluding hydrogens is 462 g/mol. The number of nitrogens with zero attached hydrogens (tertiary/aromatic N) is 4. The van der Waals surface area contributed by atoms with Gasteiger partial charge in [0.1, 0.15) is 5.82 Å². The fraction of sp³-hybridized carbons (Fsp3) is 0.318. The topological polar surface area (TPSA) is 61.4 Å². The number of amides is 2. The molecule has 8 heteroatoms. The average Bonchev–Trinajstić information content (AvgIpc) is 3.04. The molecule has 3 aromatic rings. The standard InChI is InChI=1S/C22H24BrN5OS/c1-16-6-8-17(9-7-16)14-20-25-22(30-26-20)28-11-3-10-27(12-13-28)21(29)24-19-5-2-4-18(23)15-19/h2,4-9,15H,3,10-14H2,1H3,(H,24,29). The lowest BCUT2D eigenvalue weighted by molar-refractivity contribution is 0.215. The van der Waals surface area contributed by atoms with Crippen LogP contribution in [-0.2, 0) is 6.42 Å². The van der Waals surface area contributed by atoms with Crippen LogP contribution in [0.15, 0.2) is 53.0 Å². The van der Waals surface area contributed by atoms with Gasteiger partial charge in [-0.1, -0.05) is 51.8 Å². The Morgan fingerprint density at radius 3 is 2.77 bits per heavy atom. The zero-order valence-electron chi connectivity index (χ0n) is 16.8. The maximum Gasteiger partial charge on any atom is 0.321 e. The molecule has 2 heterocycles. The van der Waals surface area contributed by atoms with E-state index in [1.807, 2.05) is 29.2 Å². The number of aryl methyl sites for hydroxylation is 1. The Kier molecular flexibility index (Phi) is 6.64. The molecule has 30 heavy (non-hydrogen) atoms. The number of halogens is 1. The van der Waals surface area contributed by atoms with E-state index in [-0.39, 0.29) is 6.03 Å². The van der Waals surface area contributed by atoms with Crippen LogP contribution >= 0.6 is 27.5 Å². The van der Waals surface area contributed by atoms with Crippen molar-refractivity contribution in [3.63, 3.8) is 0 Å². The van der Waals surface area contributed by atoms with Crippen LogP contribution in [-0.4, -0.2) is 46.5 Å². The first-order valence-corrected chi connectivity index (χ1v) is 11.6. The minimum absolute atomic E-state index is 0.0627. The van der Waals surface area contributed by atoms with Crippen LogP contribution in [0, 0.1) is 6.92 Å². The molecule has 0 atom stereocenters. The summed E-state index contributed by atoms with van der Waals surface area (Å²) in [6.07, 6.45) is 1.64. The first kappa shape index (κ1) is 20.8. The van der Waals surface area contributed by atoms with Gasteiger partial charge in [0.15, 0.2) is 0 Å². The summed E-state index contributed by atoms with van der Waals surface area (Å²) < 4.78 is 5.49. The molecular formula is C22H24BrN5OS. The number of hydrogen-bond donors (Lipinski definition) is 1. The van der Waals surface area contributed by atoms with Gasteiger partial charge in [0.25, 0.3) is 0 Å². The molecule has 0 aliphatic carbocycles. The number of hydrogen-bond acceptors (Lipinski definition) is 5. The lowest BCUT2D eigenvalue weighted by atomic mass is 10.1. The second-order valence-corrected chi connectivity index (χ2v) is 9.07. The first-order chi connectivity index (χ1) is 14.6. The zero-order chi connectivity index (χ0) is 20.9. The van der Waals surface area contributed by atoms with E-state index in [2.05, 4.69) is 61.7 Å². The summed E-state index contributed by atoms with van der Waals surface area (Å²) in [7, 11) is 0. The van der Waals surface area contributed by atoms with Gasteiger partial charge in [0, 0.05) is 54.3 Å². The molecule has 1 fully saturated rings. The molecule has 1 aromatic heterocycles. The van der Waals surface area contributed by atoms with Crippen molar-refractivity contribution in [3.05, 3.63) is 70.0 Å². The van der Waals surface area contributed by atoms with Crippen LogP contribution in [0.3, 0.4) is 0 Å². The van der Waals surface area contributed by atoms with E-state index in [1.165, 1.54) is 22.7 Å². The van der Waals surface area contributed by atoms with Crippen molar-refractivity contribution in [1.82, 2.24) is 14.3 Å². The third-order valence-corrected chi connectivity index (χ3v) is 6.38. The van der Waals surface area contributed by atoms with Crippen molar-refractivity contribution in [2.75, 3.05) is 36.4 Å². The lowest BCUT2D eigenvalue weighted by Gasteiger charge is -2.22.